The van der Waals surface area contributed by atoms with Crippen LogP contribution >= 0.6 is 11.6 Å². The SMILES string of the molecule is O=c1[nH]c2cc(CN3CCN(c4ccc(F)cn4)CC3)cnc2cc1Cl. The Morgan fingerprint density at radius 1 is 1.12 bits per heavy atom. The zero-order chi connectivity index (χ0) is 18.1. The van der Waals surface area contributed by atoms with Crippen LogP contribution in [0.25, 0.3) is 11.0 Å². The summed E-state index contributed by atoms with van der Waals surface area (Å²) in [7, 11) is 0. The zero-order valence-electron chi connectivity index (χ0n) is 14.0. The maximum atomic E-state index is 13.0. The van der Waals surface area contributed by atoms with Crippen LogP contribution in [0, 0.1) is 5.82 Å². The van der Waals surface area contributed by atoms with Gasteiger partial charge in [0.1, 0.15) is 16.7 Å². The van der Waals surface area contributed by atoms with Crippen LogP contribution in [0.2, 0.25) is 5.02 Å². The molecule has 26 heavy (non-hydrogen) atoms. The molecule has 3 aromatic heterocycles. The topological polar surface area (TPSA) is 65.1 Å². The van der Waals surface area contributed by atoms with Crippen LogP contribution < -0.4 is 10.5 Å². The fourth-order valence-corrected chi connectivity index (χ4v) is 3.29. The quantitative estimate of drug-likeness (QED) is 0.764. The van der Waals surface area contributed by atoms with Crippen molar-refractivity contribution in [3.63, 3.8) is 0 Å². The summed E-state index contributed by atoms with van der Waals surface area (Å²) in [4.78, 5) is 27.4. The highest BCUT2D eigenvalue weighted by molar-refractivity contribution is 6.30. The smallest absolute Gasteiger partial charge is 0.267 e. The number of nitrogens with one attached hydrogen (secondary N) is 1. The molecule has 1 saturated heterocycles. The molecule has 1 N–H and O–H groups in total. The Morgan fingerprint density at radius 2 is 1.92 bits per heavy atom. The van der Waals surface area contributed by atoms with Gasteiger partial charge in [0.25, 0.3) is 5.56 Å². The highest BCUT2D eigenvalue weighted by atomic mass is 35.5. The number of rotatable bonds is 3. The standard InChI is InChI=1S/C18H17ClFN5O/c19-14-8-15-16(23-18(14)26)7-12(9-21-15)11-24-3-5-25(6-4-24)17-2-1-13(20)10-22-17/h1-2,7-10H,3-6,11H2,(H,23,26). The van der Waals surface area contributed by atoms with E-state index < -0.39 is 0 Å². The number of hydrogen-bond donors (Lipinski definition) is 1. The van der Waals surface area contributed by atoms with E-state index in [1.165, 1.54) is 12.3 Å². The third-order valence-electron chi connectivity index (χ3n) is 4.52. The summed E-state index contributed by atoms with van der Waals surface area (Å²) < 4.78 is 13.0. The molecule has 1 fully saturated rings. The van der Waals surface area contributed by atoms with Crippen molar-refractivity contribution >= 4 is 28.5 Å². The first-order valence-electron chi connectivity index (χ1n) is 8.35. The molecule has 1 aliphatic rings. The van der Waals surface area contributed by atoms with E-state index in [1.807, 2.05) is 12.3 Å². The normalized spacial score (nSPS) is 15.5. The van der Waals surface area contributed by atoms with E-state index in [2.05, 4.69) is 24.8 Å². The first kappa shape index (κ1) is 16.9. The second-order valence-corrected chi connectivity index (χ2v) is 6.73. The zero-order valence-corrected chi connectivity index (χ0v) is 14.7. The lowest BCUT2D eigenvalue weighted by Crippen LogP contribution is -2.46. The molecule has 3 aromatic rings. The molecule has 6 nitrogen and oxygen atoms in total. The summed E-state index contributed by atoms with van der Waals surface area (Å²) >= 11 is 5.83. The van der Waals surface area contributed by atoms with E-state index in [1.54, 1.807) is 12.1 Å². The van der Waals surface area contributed by atoms with Crippen LogP contribution in [0.15, 0.2) is 41.5 Å². The Bertz CT molecular complexity index is 983. The Morgan fingerprint density at radius 3 is 2.65 bits per heavy atom. The molecule has 0 unspecified atom stereocenters. The minimum Gasteiger partial charge on any atom is -0.354 e. The van der Waals surface area contributed by atoms with Gasteiger partial charge in [-0.1, -0.05) is 11.6 Å². The van der Waals surface area contributed by atoms with Gasteiger partial charge in [0.05, 0.1) is 17.2 Å². The molecular formula is C18H17ClFN5O. The van der Waals surface area contributed by atoms with Crippen molar-refractivity contribution in [1.29, 1.82) is 0 Å². The maximum Gasteiger partial charge on any atom is 0.267 e. The summed E-state index contributed by atoms with van der Waals surface area (Å²) in [5.41, 5.74) is 2.08. The van der Waals surface area contributed by atoms with Gasteiger partial charge in [-0.2, -0.15) is 0 Å². The van der Waals surface area contributed by atoms with Gasteiger partial charge in [0.2, 0.25) is 0 Å². The molecular weight excluding hydrogens is 357 g/mol. The second kappa shape index (κ2) is 7.01. The van der Waals surface area contributed by atoms with Crippen molar-refractivity contribution in [2.75, 3.05) is 31.1 Å². The van der Waals surface area contributed by atoms with Crippen LogP contribution in [0.5, 0.6) is 0 Å². The number of anilines is 1. The summed E-state index contributed by atoms with van der Waals surface area (Å²) in [5, 5.41) is 0.142. The third-order valence-corrected chi connectivity index (χ3v) is 4.80. The number of hydrogen-bond acceptors (Lipinski definition) is 5. The van der Waals surface area contributed by atoms with E-state index >= 15 is 0 Å². The van der Waals surface area contributed by atoms with Crippen LogP contribution in [0.3, 0.4) is 0 Å². The van der Waals surface area contributed by atoms with Gasteiger partial charge >= 0.3 is 0 Å². The molecule has 4 rings (SSSR count). The van der Waals surface area contributed by atoms with Crippen molar-refractivity contribution < 1.29 is 4.39 Å². The fourth-order valence-electron chi connectivity index (χ4n) is 3.14. The number of halogens is 2. The number of aromatic nitrogens is 3. The summed E-state index contributed by atoms with van der Waals surface area (Å²) in [6.45, 7) is 4.14. The first-order chi connectivity index (χ1) is 12.6. The van der Waals surface area contributed by atoms with Crippen LogP contribution in [-0.2, 0) is 6.54 Å². The van der Waals surface area contributed by atoms with Gasteiger partial charge in [-0.05, 0) is 29.8 Å². The largest absolute Gasteiger partial charge is 0.354 e. The third kappa shape index (κ3) is 3.54. The Balaban J connectivity index is 1.42. The van der Waals surface area contributed by atoms with Crippen molar-refractivity contribution in [3.8, 4) is 0 Å². The molecule has 1 aliphatic heterocycles. The highest BCUT2D eigenvalue weighted by Crippen LogP contribution is 2.17. The summed E-state index contributed by atoms with van der Waals surface area (Å²) in [6.07, 6.45) is 3.06. The van der Waals surface area contributed by atoms with Crippen LogP contribution in [0.4, 0.5) is 10.2 Å². The first-order valence-corrected chi connectivity index (χ1v) is 8.72. The average Bonchev–Trinajstić information content (AvgIpc) is 2.64. The molecule has 8 heteroatoms. The minimum atomic E-state index is -0.324. The molecule has 4 heterocycles. The summed E-state index contributed by atoms with van der Waals surface area (Å²) in [5.74, 6) is 0.475. The monoisotopic (exact) mass is 373 g/mol. The molecule has 0 atom stereocenters. The van der Waals surface area contributed by atoms with Crippen LogP contribution in [0.1, 0.15) is 5.56 Å². The Kier molecular flexibility index (Phi) is 4.57. The molecule has 0 amide bonds. The van der Waals surface area contributed by atoms with E-state index in [9.17, 15) is 9.18 Å². The van der Waals surface area contributed by atoms with E-state index in [4.69, 9.17) is 11.6 Å². The lowest BCUT2D eigenvalue weighted by Gasteiger charge is -2.35. The average molecular weight is 374 g/mol. The fraction of sp³-hybridized carbons (Fsp3) is 0.278. The number of pyridine rings is 3. The Hall–Kier alpha value is -2.51. The molecule has 0 radical (unpaired) electrons. The van der Waals surface area contributed by atoms with Crippen molar-refractivity contribution in [2.45, 2.75) is 6.54 Å². The second-order valence-electron chi connectivity index (χ2n) is 6.32. The van der Waals surface area contributed by atoms with Gasteiger partial charge in [-0.3, -0.25) is 14.7 Å². The van der Waals surface area contributed by atoms with Crippen molar-refractivity contribution in [1.82, 2.24) is 19.9 Å². The Labute approximate surface area is 154 Å². The van der Waals surface area contributed by atoms with E-state index in [0.717, 1.165) is 44.1 Å². The van der Waals surface area contributed by atoms with Gasteiger partial charge in [-0.25, -0.2) is 9.37 Å². The predicted molar refractivity (Wildman–Crippen MR) is 99.1 cm³/mol. The summed E-state index contributed by atoms with van der Waals surface area (Å²) in [6, 6.07) is 6.66. The number of nitrogens with zero attached hydrogens (tertiary/aromatic N) is 4. The van der Waals surface area contributed by atoms with Gasteiger partial charge in [-0.15, -0.1) is 0 Å². The predicted octanol–water partition coefficient (Wildman–Crippen LogP) is 2.43. The maximum absolute atomic E-state index is 13.0. The number of H-pyrrole nitrogens is 1. The molecule has 0 bridgehead atoms. The lowest BCUT2D eigenvalue weighted by atomic mass is 10.2. The lowest BCUT2D eigenvalue weighted by molar-refractivity contribution is 0.249. The van der Waals surface area contributed by atoms with E-state index in [-0.39, 0.29) is 16.4 Å². The van der Waals surface area contributed by atoms with E-state index in [0.29, 0.717) is 11.0 Å². The van der Waals surface area contributed by atoms with Crippen molar-refractivity contribution in [3.05, 3.63) is 63.4 Å². The van der Waals surface area contributed by atoms with Gasteiger partial charge in [0, 0.05) is 38.9 Å². The highest BCUT2D eigenvalue weighted by Gasteiger charge is 2.18. The van der Waals surface area contributed by atoms with Gasteiger partial charge in [0.15, 0.2) is 0 Å². The number of piperazine rings is 1. The van der Waals surface area contributed by atoms with Crippen LogP contribution in [-0.4, -0.2) is 46.0 Å². The number of fused-ring (bicyclic) bond motifs is 1. The molecule has 0 aromatic carbocycles. The molecule has 0 aliphatic carbocycles. The number of aromatic amines is 1. The molecule has 0 spiro atoms. The van der Waals surface area contributed by atoms with Gasteiger partial charge < -0.3 is 9.88 Å². The molecule has 0 saturated carbocycles. The van der Waals surface area contributed by atoms with Crippen molar-refractivity contribution in [2.24, 2.45) is 0 Å². The minimum absolute atomic E-state index is 0.142. The molecule has 134 valence electrons.